The van der Waals surface area contributed by atoms with Crippen LogP contribution in [-0.2, 0) is 23.7 Å². The van der Waals surface area contributed by atoms with E-state index in [1.165, 1.54) is 7.11 Å². The quantitative estimate of drug-likeness (QED) is 0.774. The molecule has 2 atom stereocenters. The lowest BCUT2D eigenvalue weighted by molar-refractivity contribution is -0.159. The van der Waals surface area contributed by atoms with E-state index in [-0.39, 0.29) is 13.0 Å². The molecule has 120 valence electrons. The van der Waals surface area contributed by atoms with Gasteiger partial charge in [-0.1, -0.05) is 18.2 Å². The first kappa shape index (κ1) is 16.5. The van der Waals surface area contributed by atoms with E-state index in [4.69, 9.17) is 14.2 Å². The lowest BCUT2D eigenvalue weighted by Crippen LogP contribution is -2.36. The van der Waals surface area contributed by atoms with Crippen LogP contribution in [-0.4, -0.2) is 43.7 Å². The third-order valence-electron chi connectivity index (χ3n) is 3.31. The van der Waals surface area contributed by atoms with Gasteiger partial charge in [-0.05, 0) is 26.0 Å². The topological polar surface area (TPSA) is 71.1 Å². The number of esters is 2. The fraction of sp³-hybridized carbons (Fsp3) is 0.500. The Hall–Kier alpha value is -1.92. The molecule has 1 aromatic carbocycles. The molecule has 2 rings (SSSR count). The van der Waals surface area contributed by atoms with Crippen LogP contribution in [0.25, 0.3) is 0 Å². The first-order valence-electron chi connectivity index (χ1n) is 7.06. The van der Waals surface area contributed by atoms with Gasteiger partial charge in [0, 0.05) is 0 Å². The van der Waals surface area contributed by atoms with E-state index < -0.39 is 29.9 Å². The third-order valence-corrected chi connectivity index (χ3v) is 3.31. The van der Waals surface area contributed by atoms with Gasteiger partial charge in [-0.2, -0.15) is 0 Å². The zero-order chi connectivity index (χ0) is 16.2. The van der Waals surface area contributed by atoms with E-state index in [1.807, 2.05) is 0 Å². The Kier molecular flexibility index (Phi) is 5.15. The molecule has 0 spiro atoms. The van der Waals surface area contributed by atoms with Crippen molar-refractivity contribution < 1.29 is 28.5 Å². The van der Waals surface area contributed by atoms with Crippen LogP contribution >= 0.6 is 0 Å². The number of carbonyl (C=O) groups is 2. The van der Waals surface area contributed by atoms with Crippen molar-refractivity contribution in [3.63, 3.8) is 0 Å². The van der Waals surface area contributed by atoms with E-state index in [0.717, 1.165) is 0 Å². The van der Waals surface area contributed by atoms with Gasteiger partial charge in [0.05, 0.1) is 25.7 Å². The van der Waals surface area contributed by atoms with Gasteiger partial charge in [0.25, 0.3) is 0 Å². The monoisotopic (exact) mass is 308 g/mol. The van der Waals surface area contributed by atoms with E-state index >= 15 is 0 Å². The van der Waals surface area contributed by atoms with Crippen molar-refractivity contribution in [2.24, 2.45) is 0 Å². The molecule has 0 amide bonds. The molecular weight excluding hydrogens is 288 g/mol. The Morgan fingerprint density at radius 2 is 2.00 bits per heavy atom. The molecule has 0 radical (unpaired) electrons. The summed E-state index contributed by atoms with van der Waals surface area (Å²) in [4.78, 5) is 23.7. The zero-order valence-electron chi connectivity index (χ0n) is 12.9. The molecule has 0 aromatic heterocycles. The maximum Gasteiger partial charge on any atom is 0.338 e. The molecule has 0 N–H and O–H groups in total. The van der Waals surface area contributed by atoms with Crippen molar-refractivity contribution in [1.82, 2.24) is 0 Å². The van der Waals surface area contributed by atoms with E-state index in [1.54, 1.807) is 44.2 Å². The van der Waals surface area contributed by atoms with Gasteiger partial charge in [0.1, 0.15) is 12.2 Å². The van der Waals surface area contributed by atoms with Gasteiger partial charge in [-0.15, -0.1) is 0 Å². The number of benzene rings is 1. The fourth-order valence-corrected chi connectivity index (χ4v) is 2.17. The minimum absolute atomic E-state index is 0.0841. The molecule has 0 bridgehead atoms. The van der Waals surface area contributed by atoms with Gasteiger partial charge in [-0.3, -0.25) is 4.79 Å². The number of ether oxygens (including phenoxy) is 4. The molecule has 22 heavy (non-hydrogen) atoms. The zero-order valence-corrected chi connectivity index (χ0v) is 12.9. The highest BCUT2D eigenvalue weighted by Gasteiger charge is 2.40. The smallest absolute Gasteiger partial charge is 0.338 e. The van der Waals surface area contributed by atoms with Crippen molar-refractivity contribution in [3.05, 3.63) is 35.9 Å². The lowest BCUT2D eigenvalue weighted by atomic mass is 10.1. The van der Waals surface area contributed by atoms with Gasteiger partial charge < -0.3 is 18.9 Å². The van der Waals surface area contributed by atoms with Crippen LogP contribution < -0.4 is 0 Å². The van der Waals surface area contributed by atoms with Gasteiger partial charge >= 0.3 is 11.9 Å². The van der Waals surface area contributed by atoms with Crippen molar-refractivity contribution in [1.29, 1.82) is 0 Å². The third kappa shape index (κ3) is 4.29. The molecular formula is C16H20O6. The first-order chi connectivity index (χ1) is 10.4. The Labute approximate surface area is 129 Å². The Morgan fingerprint density at radius 1 is 1.32 bits per heavy atom. The minimum Gasteiger partial charge on any atom is -0.469 e. The van der Waals surface area contributed by atoms with Crippen molar-refractivity contribution in [2.45, 2.75) is 38.3 Å². The molecule has 1 heterocycles. The summed E-state index contributed by atoms with van der Waals surface area (Å²) in [6.45, 7) is 3.78. The van der Waals surface area contributed by atoms with Crippen LogP contribution in [0.3, 0.4) is 0 Å². The first-order valence-corrected chi connectivity index (χ1v) is 7.06. The molecule has 1 aromatic rings. The molecule has 1 aliphatic rings. The highest BCUT2D eigenvalue weighted by atomic mass is 16.8. The Bertz CT molecular complexity index is 525. The molecule has 0 saturated carbocycles. The molecule has 0 aliphatic carbocycles. The molecule has 6 nitrogen and oxygen atoms in total. The summed E-state index contributed by atoms with van der Waals surface area (Å²) >= 11 is 0. The fourth-order valence-electron chi connectivity index (χ4n) is 2.17. The van der Waals surface area contributed by atoms with Crippen LogP contribution in [0, 0.1) is 0 Å². The summed E-state index contributed by atoms with van der Waals surface area (Å²) in [7, 11) is 1.29. The van der Waals surface area contributed by atoms with Crippen LogP contribution in [0.2, 0.25) is 0 Å². The van der Waals surface area contributed by atoms with Gasteiger partial charge in [0.2, 0.25) is 0 Å². The van der Waals surface area contributed by atoms with Crippen molar-refractivity contribution >= 4 is 11.9 Å². The second-order valence-corrected chi connectivity index (χ2v) is 5.46. The molecule has 0 unspecified atom stereocenters. The van der Waals surface area contributed by atoms with Crippen LogP contribution in [0.4, 0.5) is 0 Å². The van der Waals surface area contributed by atoms with Crippen LogP contribution in [0.15, 0.2) is 30.3 Å². The Balaban J connectivity index is 2.08. The van der Waals surface area contributed by atoms with E-state index in [9.17, 15) is 9.59 Å². The van der Waals surface area contributed by atoms with E-state index in [0.29, 0.717) is 5.56 Å². The summed E-state index contributed by atoms with van der Waals surface area (Å²) in [5.41, 5.74) is 0.413. The average Bonchev–Trinajstić information content (AvgIpc) is 2.87. The average molecular weight is 308 g/mol. The minimum atomic E-state index is -0.766. The number of hydrogen-bond acceptors (Lipinski definition) is 6. The van der Waals surface area contributed by atoms with E-state index in [2.05, 4.69) is 4.74 Å². The summed E-state index contributed by atoms with van der Waals surface area (Å²) < 4.78 is 21.3. The summed E-state index contributed by atoms with van der Waals surface area (Å²) in [5.74, 6) is -1.75. The number of rotatable bonds is 5. The highest BCUT2D eigenvalue weighted by Crippen LogP contribution is 2.27. The molecule has 1 fully saturated rings. The second-order valence-electron chi connectivity index (χ2n) is 5.46. The largest absolute Gasteiger partial charge is 0.469 e. The SMILES string of the molecule is COC(=O)C[C@H](OC(=O)c1ccccc1)[C@H]1COC(C)(C)O1. The summed E-state index contributed by atoms with van der Waals surface area (Å²) in [6, 6.07) is 8.58. The van der Waals surface area contributed by atoms with Crippen LogP contribution in [0.1, 0.15) is 30.6 Å². The maximum atomic E-state index is 12.2. The second kappa shape index (κ2) is 6.89. The van der Waals surface area contributed by atoms with Crippen molar-refractivity contribution in [2.75, 3.05) is 13.7 Å². The summed E-state index contributed by atoms with van der Waals surface area (Å²) in [6.07, 6.45) is -1.36. The number of hydrogen-bond donors (Lipinski definition) is 0. The highest BCUT2D eigenvalue weighted by molar-refractivity contribution is 5.89. The molecule has 1 saturated heterocycles. The number of carbonyl (C=O) groups excluding carboxylic acids is 2. The maximum absolute atomic E-state index is 12.2. The van der Waals surface area contributed by atoms with Crippen LogP contribution in [0.5, 0.6) is 0 Å². The van der Waals surface area contributed by atoms with Gasteiger partial charge in [-0.25, -0.2) is 4.79 Å². The standard InChI is InChI=1S/C16H20O6/c1-16(2)20-10-13(22-16)12(9-14(17)19-3)21-15(18)11-7-5-4-6-8-11/h4-8,12-13H,9-10H2,1-3H3/t12-,13+/m0/s1. The Morgan fingerprint density at radius 3 is 2.55 bits per heavy atom. The lowest BCUT2D eigenvalue weighted by Gasteiger charge is -2.23. The predicted molar refractivity (Wildman–Crippen MR) is 77.2 cm³/mol. The normalized spacial score (nSPS) is 21.1. The molecule has 6 heteroatoms. The molecule has 1 aliphatic heterocycles. The summed E-state index contributed by atoms with van der Waals surface area (Å²) in [5, 5.41) is 0. The van der Waals surface area contributed by atoms with Gasteiger partial charge in [0.15, 0.2) is 5.79 Å². The number of methoxy groups -OCH3 is 1. The van der Waals surface area contributed by atoms with Crippen molar-refractivity contribution in [3.8, 4) is 0 Å². The predicted octanol–water partition coefficient (Wildman–Crippen LogP) is 1.93.